The molecule has 1 N–H and O–H groups in total. The smallest absolute Gasteiger partial charge is 0.305 e. The van der Waals surface area contributed by atoms with Gasteiger partial charge in [0.1, 0.15) is 0 Å². The van der Waals surface area contributed by atoms with Crippen LogP contribution in [0.15, 0.2) is 0 Å². The topological polar surface area (TPSA) is 57.6 Å². The Hall–Kier alpha value is -1.06. The standard InChI is InChI=1S/C13H21NO3/c15-12(8-10-4-1-2-5-10)14-7-3-6-11(14)9-13(16)17/h10-11H,1-9H2,(H,16,17). The Balaban J connectivity index is 1.86. The zero-order valence-electron chi connectivity index (χ0n) is 10.2. The Morgan fingerprint density at radius 2 is 1.76 bits per heavy atom. The van der Waals surface area contributed by atoms with Crippen LogP contribution in [0.3, 0.4) is 0 Å². The van der Waals surface area contributed by atoms with Crippen molar-refractivity contribution in [3.8, 4) is 0 Å². The molecule has 2 fully saturated rings. The lowest BCUT2D eigenvalue weighted by molar-refractivity contribution is -0.140. The van der Waals surface area contributed by atoms with Crippen LogP contribution in [-0.2, 0) is 9.59 Å². The highest BCUT2D eigenvalue weighted by molar-refractivity contribution is 5.78. The Morgan fingerprint density at radius 1 is 1.06 bits per heavy atom. The van der Waals surface area contributed by atoms with E-state index in [1.807, 2.05) is 4.90 Å². The lowest BCUT2D eigenvalue weighted by Gasteiger charge is -2.24. The van der Waals surface area contributed by atoms with Gasteiger partial charge < -0.3 is 10.0 Å². The van der Waals surface area contributed by atoms with Gasteiger partial charge in [0.25, 0.3) is 0 Å². The summed E-state index contributed by atoms with van der Waals surface area (Å²) in [7, 11) is 0. The van der Waals surface area contributed by atoms with Crippen LogP contribution in [0.25, 0.3) is 0 Å². The van der Waals surface area contributed by atoms with Crippen LogP contribution in [0.5, 0.6) is 0 Å². The molecule has 96 valence electrons. The quantitative estimate of drug-likeness (QED) is 0.816. The van der Waals surface area contributed by atoms with Crippen molar-refractivity contribution in [1.82, 2.24) is 4.90 Å². The van der Waals surface area contributed by atoms with E-state index in [9.17, 15) is 9.59 Å². The summed E-state index contributed by atoms with van der Waals surface area (Å²) < 4.78 is 0. The number of carboxylic acid groups (broad SMARTS) is 1. The zero-order chi connectivity index (χ0) is 12.3. The second-order valence-electron chi connectivity index (χ2n) is 5.34. The van der Waals surface area contributed by atoms with Crippen molar-refractivity contribution in [3.63, 3.8) is 0 Å². The van der Waals surface area contributed by atoms with Crippen molar-refractivity contribution in [2.75, 3.05) is 6.54 Å². The third-order valence-electron chi connectivity index (χ3n) is 4.05. The summed E-state index contributed by atoms with van der Waals surface area (Å²) in [6, 6.07) is -0.0543. The molecule has 0 aromatic rings. The number of hydrogen-bond donors (Lipinski definition) is 1. The van der Waals surface area contributed by atoms with Crippen molar-refractivity contribution >= 4 is 11.9 Å². The fourth-order valence-corrected chi connectivity index (χ4v) is 3.16. The van der Waals surface area contributed by atoms with E-state index in [2.05, 4.69) is 0 Å². The number of carbonyl (C=O) groups is 2. The van der Waals surface area contributed by atoms with Gasteiger partial charge in [-0.2, -0.15) is 0 Å². The summed E-state index contributed by atoms with van der Waals surface area (Å²) in [6.45, 7) is 0.753. The van der Waals surface area contributed by atoms with Crippen LogP contribution in [-0.4, -0.2) is 34.5 Å². The van der Waals surface area contributed by atoms with Gasteiger partial charge in [-0.15, -0.1) is 0 Å². The molecule has 0 aromatic heterocycles. The molecular weight excluding hydrogens is 218 g/mol. The molecule has 0 spiro atoms. The molecule has 1 saturated heterocycles. The van der Waals surface area contributed by atoms with Crippen LogP contribution >= 0.6 is 0 Å². The molecule has 2 aliphatic rings. The highest BCUT2D eigenvalue weighted by Gasteiger charge is 2.31. The number of carbonyl (C=O) groups excluding carboxylic acids is 1. The first-order valence-corrected chi connectivity index (χ1v) is 6.68. The van der Waals surface area contributed by atoms with Gasteiger partial charge >= 0.3 is 5.97 Å². The van der Waals surface area contributed by atoms with E-state index in [-0.39, 0.29) is 18.4 Å². The Kier molecular flexibility index (Phi) is 4.02. The van der Waals surface area contributed by atoms with Crippen LogP contribution in [0, 0.1) is 5.92 Å². The van der Waals surface area contributed by atoms with E-state index in [1.54, 1.807) is 0 Å². The maximum Gasteiger partial charge on any atom is 0.305 e. The minimum atomic E-state index is -0.796. The number of amides is 1. The number of aliphatic carboxylic acids is 1. The molecule has 4 nitrogen and oxygen atoms in total. The van der Waals surface area contributed by atoms with Crippen LogP contribution < -0.4 is 0 Å². The van der Waals surface area contributed by atoms with E-state index in [4.69, 9.17) is 5.11 Å². The molecule has 1 unspecified atom stereocenters. The molecule has 17 heavy (non-hydrogen) atoms. The summed E-state index contributed by atoms with van der Waals surface area (Å²) in [6.07, 6.45) is 7.38. The highest BCUT2D eigenvalue weighted by Crippen LogP contribution is 2.30. The van der Waals surface area contributed by atoms with Gasteiger partial charge in [-0.1, -0.05) is 12.8 Å². The molecule has 1 aliphatic heterocycles. The number of likely N-dealkylation sites (tertiary alicyclic amines) is 1. The van der Waals surface area contributed by atoms with E-state index in [0.29, 0.717) is 12.3 Å². The molecule has 1 saturated carbocycles. The molecule has 1 aliphatic carbocycles. The fourth-order valence-electron chi connectivity index (χ4n) is 3.16. The first-order valence-electron chi connectivity index (χ1n) is 6.68. The Morgan fingerprint density at radius 3 is 2.41 bits per heavy atom. The van der Waals surface area contributed by atoms with Crippen molar-refractivity contribution in [2.24, 2.45) is 5.92 Å². The van der Waals surface area contributed by atoms with Gasteiger partial charge in [-0.25, -0.2) is 0 Å². The van der Waals surface area contributed by atoms with Gasteiger partial charge in [-0.3, -0.25) is 9.59 Å². The molecule has 0 aromatic carbocycles. The zero-order valence-corrected chi connectivity index (χ0v) is 10.2. The largest absolute Gasteiger partial charge is 0.481 e. The van der Waals surface area contributed by atoms with Gasteiger partial charge in [-0.05, 0) is 31.6 Å². The summed E-state index contributed by atoms with van der Waals surface area (Å²) in [5, 5.41) is 8.82. The number of nitrogens with zero attached hydrogens (tertiary/aromatic N) is 1. The lowest BCUT2D eigenvalue weighted by atomic mass is 10.0. The van der Waals surface area contributed by atoms with Gasteiger partial charge in [0.15, 0.2) is 0 Å². The summed E-state index contributed by atoms with van der Waals surface area (Å²) >= 11 is 0. The maximum absolute atomic E-state index is 12.1. The average molecular weight is 239 g/mol. The summed E-state index contributed by atoms with van der Waals surface area (Å²) in [5.74, 6) is -0.0650. The van der Waals surface area contributed by atoms with Crippen molar-refractivity contribution < 1.29 is 14.7 Å². The molecule has 1 atom stereocenters. The van der Waals surface area contributed by atoms with E-state index in [1.165, 1.54) is 25.7 Å². The Bertz CT molecular complexity index is 297. The number of carboxylic acids is 1. The molecular formula is C13H21NO3. The third kappa shape index (κ3) is 3.20. The highest BCUT2D eigenvalue weighted by atomic mass is 16.4. The molecule has 0 bridgehead atoms. The number of rotatable bonds is 4. The number of hydrogen-bond acceptors (Lipinski definition) is 2. The molecule has 4 heteroatoms. The van der Waals surface area contributed by atoms with Crippen LogP contribution in [0.4, 0.5) is 0 Å². The second kappa shape index (κ2) is 5.52. The maximum atomic E-state index is 12.1. The van der Waals surface area contributed by atoms with Gasteiger partial charge in [0, 0.05) is 19.0 Å². The Labute approximate surface area is 102 Å². The van der Waals surface area contributed by atoms with Gasteiger partial charge in [0.2, 0.25) is 5.91 Å². The summed E-state index contributed by atoms with van der Waals surface area (Å²) in [5.41, 5.74) is 0. The molecule has 0 radical (unpaired) electrons. The van der Waals surface area contributed by atoms with Crippen molar-refractivity contribution in [1.29, 1.82) is 0 Å². The molecule has 2 rings (SSSR count). The molecule has 1 amide bonds. The average Bonchev–Trinajstić information content (AvgIpc) is 2.87. The fraction of sp³-hybridized carbons (Fsp3) is 0.846. The summed E-state index contributed by atoms with van der Waals surface area (Å²) in [4.78, 5) is 24.7. The predicted molar refractivity (Wildman–Crippen MR) is 63.6 cm³/mol. The van der Waals surface area contributed by atoms with E-state index >= 15 is 0 Å². The third-order valence-corrected chi connectivity index (χ3v) is 4.05. The van der Waals surface area contributed by atoms with Crippen LogP contribution in [0.2, 0.25) is 0 Å². The normalized spacial score (nSPS) is 25.4. The minimum absolute atomic E-state index is 0.0543. The monoisotopic (exact) mass is 239 g/mol. The molecule has 1 heterocycles. The first-order chi connectivity index (χ1) is 8.16. The van der Waals surface area contributed by atoms with Crippen molar-refractivity contribution in [2.45, 2.75) is 57.4 Å². The van der Waals surface area contributed by atoms with E-state index in [0.717, 1.165) is 19.4 Å². The second-order valence-corrected chi connectivity index (χ2v) is 5.34. The van der Waals surface area contributed by atoms with Gasteiger partial charge in [0.05, 0.1) is 6.42 Å². The van der Waals surface area contributed by atoms with E-state index < -0.39 is 5.97 Å². The van der Waals surface area contributed by atoms with Crippen molar-refractivity contribution in [3.05, 3.63) is 0 Å². The first kappa shape index (κ1) is 12.4. The minimum Gasteiger partial charge on any atom is -0.481 e. The predicted octanol–water partition coefficient (Wildman–Crippen LogP) is 2.03. The SMILES string of the molecule is O=C(O)CC1CCCN1C(=O)CC1CCCC1. The lowest BCUT2D eigenvalue weighted by Crippen LogP contribution is -2.37. The van der Waals surface area contributed by atoms with Crippen LogP contribution in [0.1, 0.15) is 51.4 Å².